The fraction of sp³-hybridized carbons (Fsp3) is 0.500. The summed E-state index contributed by atoms with van der Waals surface area (Å²) in [4.78, 5) is 20.3. The maximum Gasteiger partial charge on any atom is 0.251 e. The zero-order valence-electron chi connectivity index (χ0n) is 11.5. The Morgan fingerprint density at radius 2 is 2.20 bits per heavy atom. The molecule has 1 atom stereocenters. The molecule has 3 heterocycles. The molecule has 0 radical (unpaired) electrons. The number of anilines is 1. The molecule has 2 aliphatic heterocycles. The van der Waals surface area contributed by atoms with Gasteiger partial charge in [-0.25, -0.2) is 4.98 Å². The Bertz CT molecular complexity index is 542. The third-order valence-electron chi connectivity index (χ3n) is 3.80. The van der Waals surface area contributed by atoms with E-state index in [0.717, 1.165) is 24.5 Å². The van der Waals surface area contributed by atoms with Crippen LogP contribution in [0.2, 0.25) is 0 Å². The highest BCUT2D eigenvalue weighted by Crippen LogP contribution is 2.20. The zero-order valence-corrected chi connectivity index (χ0v) is 12.3. The Hall–Kier alpha value is -1.69. The van der Waals surface area contributed by atoms with Crippen molar-refractivity contribution in [1.82, 2.24) is 15.2 Å². The number of amides is 1. The number of aromatic nitrogens is 1. The first-order valence-corrected chi connectivity index (χ1v) is 7.38. The van der Waals surface area contributed by atoms with Gasteiger partial charge in [-0.05, 0) is 49.7 Å². The molecule has 0 aliphatic carbocycles. The molecule has 1 amide bonds. The summed E-state index contributed by atoms with van der Waals surface area (Å²) in [5, 5.41) is 3.50. The summed E-state index contributed by atoms with van der Waals surface area (Å²) in [6, 6.07) is 3.78. The molecule has 0 spiro atoms. The van der Waals surface area contributed by atoms with E-state index >= 15 is 0 Å². The van der Waals surface area contributed by atoms with Crippen molar-refractivity contribution in [2.45, 2.75) is 32.4 Å². The van der Waals surface area contributed by atoms with Crippen molar-refractivity contribution in [3.63, 3.8) is 0 Å². The van der Waals surface area contributed by atoms with Crippen LogP contribution in [0.25, 0.3) is 0 Å². The second-order valence-corrected chi connectivity index (χ2v) is 5.70. The van der Waals surface area contributed by atoms with Gasteiger partial charge in [0.25, 0.3) is 5.91 Å². The van der Waals surface area contributed by atoms with Crippen LogP contribution in [0, 0.1) is 0 Å². The lowest BCUT2D eigenvalue weighted by molar-refractivity contribution is -0.127. The molecule has 2 saturated heterocycles. The molecule has 1 aromatic rings. The molecule has 106 valence electrons. The smallest absolute Gasteiger partial charge is 0.251 e. The fourth-order valence-corrected chi connectivity index (χ4v) is 3.00. The number of carbonyl (C=O) groups excluding carboxylic acids is 1. The van der Waals surface area contributed by atoms with Crippen LogP contribution in [0.1, 0.15) is 25.3 Å². The minimum absolute atomic E-state index is 0.0366. The molecule has 3 rings (SSSR count). The number of hydrogen-bond acceptors (Lipinski definition) is 4. The molecule has 20 heavy (non-hydrogen) atoms. The van der Waals surface area contributed by atoms with Crippen molar-refractivity contribution in [2.75, 3.05) is 18.0 Å². The van der Waals surface area contributed by atoms with Crippen molar-refractivity contribution in [3.05, 3.63) is 23.9 Å². The van der Waals surface area contributed by atoms with Gasteiger partial charge in [0.1, 0.15) is 11.9 Å². The lowest BCUT2D eigenvalue weighted by Gasteiger charge is -2.19. The Morgan fingerprint density at radius 3 is 2.85 bits per heavy atom. The molecule has 0 bridgehead atoms. The van der Waals surface area contributed by atoms with Gasteiger partial charge in [-0.2, -0.15) is 0 Å². The summed E-state index contributed by atoms with van der Waals surface area (Å²) in [6.07, 6.45) is 4.26. The number of pyridine rings is 1. The predicted molar refractivity (Wildman–Crippen MR) is 81.4 cm³/mol. The SMILES string of the molecule is C[C@@H]1NC(=S)N(Cc2ccnc(N3CCCC3)c2)C1=O. The highest BCUT2D eigenvalue weighted by Gasteiger charge is 2.32. The molecule has 6 heteroatoms. The van der Waals surface area contributed by atoms with Crippen LogP contribution >= 0.6 is 12.2 Å². The van der Waals surface area contributed by atoms with Crippen molar-refractivity contribution >= 4 is 29.1 Å². The zero-order chi connectivity index (χ0) is 14.1. The molecule has 2 fully saturated rings. The van der Waals surface area contributed by atoms with E-state index in [-0.39, 0.29) is 11.9 Å². The monoisotopic (exact) mass is 290 g/mol. The second kappa shape index (κ2) is 5.36. The third-order valence-corrected chi connectivity index (χ3v) is 4.14. The van der Waals surface area contributed by atoms with Crippen LogP contribution in [-0.2, 0) is 11.3 Å². The average molecular weight is 290 g/mol. The first-order chi connectivity index (χ1) is 9.65. The molecule has 0 aromatic carbocycles. The molecule has 0 unspecified atom stereocenters. The van der Waals surface area contributed by atoms with Crippen LogP contribution in [-0.4, -0.2) is 40.0 Å². The molecular weight excluding hydrogens is 272 g/mol. The number of thiocarbonyl (C=S) groups is 1. The van der Waals surface area contributed by atoms with E-state index in [2.05, 4.69) is 21.3 Å². The number of nitrogens with zero attached hydrogens (tertiary/aromatic N) is 3. The van der Waals surface area contributed by atoms with E-state index in [1.54, 1.807) is 4.90 Å². The van der Waals surface area contributed by atoms with Crippen molar-refractivity contribution in [1.29, 1.82) is 0 Å². The van der Waals surface area contributed by atoms with Crippen LogP contribution in [0.3, 0.4) is 0 Å². The maximum atomic E-state index is 12.0. The lowest BCUT2D eigenvalue weighted by Crippen LogP contribution is -2.30. The summed E-state index contributed by atoms with van der Waals surface area (Å²) in [7, 11) is 0. The maximum absolute atomic E-state index is 12.0. The number of nitrogens with one attached hydrogen (secondary N) is 1. The van der Waals surface area contributed by atoms with Gasteiger partial charge in [-0.15, -0.1) is 0 Å². The van der Waals surface area contributed by atoms with Crippen LogP contribution in [0.4, 0.5) is 5.82 Å². The number of rotatable bonds is 3. The number of hydrogen-bond donors (Lipinski definition) is 1. The molecule has 1 aromatic heterocycles. The second-order valence-electron chi connectivity index (χ2n) is 5.31. The minimum atomic E-state index is -0.220. The Kier molecular flexibility index (Phi) is 3.56. The average Bonchev–Trinajstić information content (AvgIpc) is 3.05. The van der Waals surface area contributed by atoms with Gasteiger partial charge < -0.3 is 10.2 Å². The summed E-state index contributed by atoms with van der Waals surface area (Å²) in [6.45, 7) is 4.47. The van der Waals surface area contributed by atoms with E-state index in [0.29, 0.717) is 11.7 Å². The summed E-state index contributed by atoms with van der Waals surface area (Å²) < 4.78 is 0. The predicted octanol–water partition coefficient (Wildman–Crippen LogP) is 1.29. The normalized spacial score (nSPS) is 22.6. The lowest BCUT2D eigenvalue weighted by atomic mass is 10.2. The molecule has 2 aliphatic rings. The molecule has 0 saturated carbocycles. The Labute approximate surface area is 124 Å². The Morgan fingerprint density at radius 1 is 1.45 bits per heavy atom. The van der Waals surface area contributed by atoms with Crippen molar-refractivity contribution in [3.8, 4) is 0 Å². The standard InChI is InChI=1S/C14H18N4OS/c1-10-13(19)18(14(20)16-10)9-11-4-5-15-12(8-11)17-6-2-3-7-17/h4-5,8,10H,2-3,6-7,9H2,1H3,(H,16,20)/t10-/m0/s1. The van der Waals surface area contributed by atoms with Crippen molar-refractivity contribution < 1.29 is 4.79 Å². The van der Waals surface area contributed by atoms with Gasteiger partial charge in [0.05, 0.1) is 6.54 Å². The summed E-state index contributed by atoms with van der Waals surface area (Å²) in [5.41, 5.74) is 1.06. The van der Waals surface area contributed by atoms with E-state index in [4.69, 9.17) is 12.2 Å². The molecule has 5 nitrogen and oxygen atoms in total. The van der Waals surface area contributed by atoms with Gasteiger partial charge in [-0.1, -0.05) is 0 Å². The van der Waals surface area contributed by atoms with E-state index in [1.807, 2.05) is 19.2 Å². The highest BCUT2D eigenvalue weighted by molar-refractivity contribution is 7.80. The highest BCUT2D eigenvalue weighted by atomic mass is 32.1. The quantitative estimate of drug-likeness (QED) is 0.850. The largest absolute Gasteiger partial charge is 0.357 e. The van der Waals surface area contributed by atoms with Crippen molar-refractivity contribution in [2.24, 2.45) is 0 Å². The Balaban J connectivity index is 1.76. The third kappa shape index (κ3) is 2.47. The number of carbonyl (C=O) groups is 1. The van der Waals surface area contributed by atoms with Crippen LogP contribution in [0.15, 0.2) is 18.3 Å². The topological polar surface area (TPSA) is 48.5 Å². The fourth-order valence-electron chi connectivity index (χ4n) is 2.67. The van der Waals surface area contributed by atoms with E-state index in [1.165, 1.54) is 12.8 Å². The first-order valence-electron chi connectivity index (χ1n) is 6.97. The van der Waals surface area contributed by atoms with Crippen LogP contribution in [0.5, 0.6) is 0 Å². The summed E-state index contributed by atoms with van der Waals surface area (Å²) in [5.74, 6) is 1.04. The van der Waals surface area contributed by atoms with Gasteiger partial charge in [0, 0.05) is 19.3 Å². The van der Waals surface area contributed by atoms with Gasteiger partial charge in [0.2, 0.25) is 0 Å². The van der Waals surface area contributed by atoms with Gasteiger partial charge >= 0.3 is 0 Å². The van der Waals surface area contributed by atoms with Crippen LogP contribution < -0.4 is 10.2 Å². The molecular formula is C14H18N4OS. The van der Waals surface area contributed by atoms with Gasteiger partial charge in [-0.3, -0.25) is 9.69 Å². The molecule has 1 N–H and O–H groups in total. The van der Waals surface area contributed by atoms with Gasteiger partial charge in [0.15, 0.2) is 5.11 Å². The minimum Gasteiger partial charge on any atom is -0.357 e. The van der Waals surface area contributed by atoms with E-state index in [9.17, 15) is 4.79 Å². The van der Waals surface area contributed by atoms with E-state index < -0.39 is 0 Å². The summed E-state index contributed by atoms with van der Waals surface area (Å²) >= 11 is 5.20. The first kappa shape index (κ1) is 13.3.